The first kappa shape index (κ1) is 17.9. The molecule has 1 amide bonds. The summed E-state index contributed by atoms with van der Waals surface area (Å²) >= 11 is 0. The number of hydrogen-bond acceptors (Lipinski definition) is 3. The monoisotopic (exact) mass is 374 g/mol. The first-order valence-electron chi connectivity index (χ1n) is 9.01. The molecule has 0 aliphatic carbocycles. The first-order chi connectivity index (χ1) is 13.6. The molecule has 0 spiro atoms. The third kappa shape index (κ3) is 3.62. The Kier molecular flexibility index (Phi) is 4.85. The van der Waals surface area contributed by atoms with E-state index in [1.54, 1.807) is 30.7 Å². The summed E-state index contributed by atoms with van der Waals surface area (Å²) in [4.78, 5) is 21.2. The predicted molar refractivity (Wildman–Crippen MR) is 106 cm³/mol. The van der Waals surface area contributed by atoms with Crippen molar-refractivity contribution in [1.82, 2.24) is 19.9 Å². The maximum Gasteiger partial charge on any atom is 0.240 e. The molecule has 0 saturated carbocycles. The fourth-order valence-corrected chi connectivity index (χ4v) is 3.27. The predicted octanol–water partition coefficient (Wildman–Crippen LogP) is 4.11. The van der Waals surface area contributed by atoms with Gasteiger partial charge in [0.1, 0.15) is 18.0 Å². The van der Waals surface area contributed by atoms with E-state index < -0.39 is 0 Å². The molecule has 0 radical (unpaired) electrons. The normalized spacial score (nSPS) is 12.1. The number of carbonyl (C=O) groups excluding carboxylic acids is 1. The van der Waals surface area contributed by atoms with E-state index in [0.717, 1.165) is 22.2 Å². The third-order valence-corrected chi connectivity index (χ3v) is 4.68. The fraction of sp³-hybridized carbons (Fsp3) is 0.136. The zero-order valence-electron chi connectivity index (χ0n) is 15.3. The van der Waals surface area contributed by atoms with Gasteiger partial charge in [-0.3, -0.25) is 9.78 Å². The van der Waals surface area contributed by atoms with E-state index in [0.29, 0.717) is 5.65 Å². The molecule has 140 valence electrons. The highest BCUT2D eigenvalue weighted by molar-refractivity contribution is 5.87. The smallest absolute Gasteiger partial charge is 0.240 e. The van der Waals surface area contributed by atoms with Gasteiger partial charge in [-0.2, -0.15) is 0 Å². The number of nitrogens with zero attached hydrogens (tertiary/aromatic N) is 3. The number of hydrogen-bond donors (Lipinski definition) is 1. The number of aromatic nitrogens is 3. The Balaban J connectivity index is 1.64. The SMILES string of the molecule is C[C@H](NC(=O)Cn1c(-c2ccc(F)cc2)cc2cccnc21)c1ccncc1. The zero-order valence-corrected chi connectivity index (χ0v) is 15.3. The summed E-state index contributed by atoms with van der Waals surface area (Å²) in [6, 6.07) is 15.6. The summed E-state index contributed by atoms with van der Waals surface area (Å²) in [5.74, 6) is -0.427. The molecule has 3 heterocycles. The Morgan fingerprint density at radius 2 is 1.86 bits per heavy atom. The molecule has 0 aliphatic heterocycles. The lowest BCUT2D eigenvalue weighted by Crippen LogP contribution is -2.30. The summed E-state index contributed by atoms with van der Waals surface area (Å²) in [6.45, 7) is 2.04. The minimum atomic E-state index is -0.298. The molecule has 0 fully saturated rings. The second kappa shape index (κ2) is 7.60. The van der Waals surface area contributed by atoms with Crippen molar-refractivity contribution in [2.75, 3.05) is 0 Å². The van der Waals surface area contributed by atoms with Gasteiger partial charge < -0.3 is 9.88 Å². The van der Waals surface area contributed by atoms with Crippen LogP contribution in [0.4, 0.5) is 4.39 Å². The molecule has 4 rings (SSSR count). The van der Waals surface area contributed by atoms with Gasteiger partial charge in [0, 0.05) is 24.0 Å². The van der Waals surface area contributed by atoms with Gasteiger partial charge in [-0.25, -0.2) is 9.37 Å². The topological polar surface area (TPSA) is 59.8 Å². The Morgan fingerprint density at radius 3 is 2.61 bits per heavy atom. The second-order valence-corrected chi connectivity index (χ2v) is 6.61. The van der Waals surface area contributed by atoms with Gasteiger partial charge in [-0.15, -0.1) is 0 Å². The highest BCUT2D eigenvalue weighted by atomic mass is 19.1. The van der Waals surface area contributed by atoms with Crippen LogP contribution in [0.1, 0.15) is 18.5 Å². The average Bonchev–Trinajstić information content (AvgIpc) is 3.07. The van der Waals surface area contributed by atoms with Crippen LogP contribution in [0.2, 0.25) is 0 Å². The molecule has 0 saturated heterocycles. The largest absolute Gasteiger partial charge is 0.348 e. The number of benzene rings is 1. The van der Waals surface area contributed by atoms with Crippen molar-refractivity contribution >= 4 is 16.9 Å². The standard InChI is InChI=1S/C22H19FN4O/c1-15(16-8-11-24-12-9-16)26-21(28)14-27-20(17-4-6-19(23)7-5-17)13-18-3-2-10-25-22(18)27/h2-13,15H,14H2,1H3,(H,26,28)/t15-/m0/s1. The van der Waals surface area contributed by atoms with Crippen LogP contribution in [0.3, 0.4) is 0 Å². The van der Waals surface area contributed by atoms with Gasteiger partial charge in [-0.1, -0.05) is 0 Å². The van der Waals surface area contributed by atoms with Crippen LogP contribution in [-0.2, 0) is 11.3 Å². The molecule has 3 aromatic heterocycles. The van der Waals surface area contributed by atoms with Crippen LogP contribution in [0, 0.1) is 5.82 Å². The maximum absolute atomic E-state index is 13.3. The summed E-state index contributed by atoms with van der Waals surface area (Å²) in [6.07, 6.45) is 5.10. The van der Waals surface area contributed by atoms with Crippen molar-refractivity contribution in [3.05, 3.63) is 84.6 Å². The highest BCUT2D eigenvalue weighted by Gasteiger charge is 2.16. The fourth-order valence-electron chi connectivity index (χ4n) is 3.27. The van der Waals surface area contributed by atoms with Gasteiger partial charge in [-0.05, 0) is 72.6 Å². The van der Waals surface area contributed by atoms with Crippen molar-refractivity contribution in [1.29, 1.82) is 0 Å². The number of halogens is 1. The minimum absolute atomic E-state index is 0.114. The lowest BCUT2D eigenvalue weighted by atomic mass is 10.1. The van der Waals surface area contributed by atoms with Gasteiger partial charge in [0.25, 0.3) is 0 Å². The number of pyridine rings is 2. The molecule has 6 heteroatoms. The van der Waals surface area contributed by atoms with Crippen molar-refractivity contribution in [2.45, 2.75) is 19.5 Å². The first-order valence-corrected chi connectivity index (χ1v) is 9.01. The summed E-state index contributed by atoms with van der Waals surface area (Å²) in [7, 11) is 0. The van der Waals surface area contributed by atoms with E-state index in [4.69, 9.17) is 0 Å². The molecule has 0 aliphatic rings. The van der Waals surface area contributed by atoms with Crippen molar-refractivity contribution in [3.8, 4) is 11.3 Å². The van der Waals surface area contributed by atoms with E-state index >= 15 is 0 Å². The summed E-state index contributed by atoms with van der Waals surface area (Å²) < 4.78 is 15.2. The number of rotatable bonds is 5. The Morgan fingerprint density at radius 1 is 1.11 bits per heavy atom. The summed E-state index contributed by atoms with van der Waals surface area (Å²) in [5, 5.41) is 3.94. The quantitative estimate of drug-likeness (QED) is 0.572. The van der Waals surface area contributed by atoms with E-state index in [1.165, 1.54) is 12.1 Å². The van der Waals surface area contributed by atoms with Gasteiger partial charge in [0.2, 0.25) is 5.91 Å². The van der Waals surface area contributed by atoms with Crippen molar-refractivity contribution in [3.63, 3.8) is 0 Å². The molecule has 1 N–H and O–H groups in total. The number of fused-ring (bicyclic) bond motifs is 1. The molecule has 0 bridgehead atoms. The van der Waals surface area contributed by atoms with Crippen LogP contribution in [0.15, 0.2) is 73.2 Å². The molecule has 1 aromatic carbocycles. The second-order valence-electron chi connectivity index (χ2n) is 6.61. The molecule has 0 unspecified atom stereocenters. The lowest BCUT2D eigenvalue weighted by molar-refractivity contribution is -0.122. The molecular weight excluding hydrogens is 355 g/mol. The minimum Gasteiger partial charge on any atom is -0.348 e. The van der Waals surface area contributed by atoms with Crippen LogP contribution in [-0.4, -0.2) is 20.4 Å². The van der Waals surface area contributed by atoms with Crippen LogP contribution < -0.4 is 5.32 Å². The van der Waals surface area contributed by atoms with Gasteiger partial charge in [0.15, 0.2) is 0 Å². The number of carbonyl (C=O) groups is 1. The molecular formula is C22H19FN4O. The molecule has 28 heavy (non-hydrogen) atoms. The zero-order chi connectivity index (χ0) is 19.5. The van der Waals surface area contributed by atoms with E-state index in [2.05, 4.69) is 15.3 Å². The molecule has 1 atom stereocenters. The average molecular weight is 374 g/mol. The van der Waals surface area contributed by atoms with Crippen molar-refractivity contribution in [2.24, 2.45) is 0 Å². The molecule has 5 nitrogen and oxygen atoms in total. The Hall–Kier alpha value is -3.54. The Bertz CT molecular complexity index is 1110. The highest BCUT2D eigenvalue weighted by Crippen LogP contribution is 2.27. The third-order valence-electron chi connectivity index (χ3n) is 4.68. The maximum atomic E-state index is 13.3. The van der Waals surface area contributed by atoms with E-state index in [-0.39, 0.29) is 24.3 Å². The Labute approximate surface area is 161 Å². The van der Waals surface area contributed by atoms with Gasteiger partial charge >= 0.3 is 0 Å². The van der Waals surface area contributed by atoms with Crippen LogP contribution in [0.25, 0.3) is 22.3 Å². The van der Waals surface area contributed by atoms with Crippen molar-refractivity contribution < 1.29 is 9.18 Å². The lowest BCUT2D eigenvalue weighted by Gasteiger charge is -2.16. The van der Waals surface area contributed by atoms with E-state index in [1.807, 2.05) is 41.8 Å². The summed E-state index contributed by atoms with van der Waals surface area (Å²) in [5.41, 5.74) is 3.35. The van der Waals surface area contributed by atoms with Crippen LogP contribution in [0.5, 0.6) is 0 Å². The van der Waals surface area contributed by atoms with E-state index in [9.17, 15) is 9.18 Å². The number of amides is 1. The number of nitrogens with one attached hydrogen (secondary N) is 1. The van der Waals surface area contributed by atoms with Crippen LogP contribution >= 0.6 is 0 Å². The van der Waals surface area contributed by atoms with Gasteiger partial charge in [0.05, 0.1) is 11.7 Å². The molecule has 4 aromatic rings.